The summed E-state index contributed by atoms with van der Waals surface area (Å²) in [5.41, 5.74) is 1.05. The molecular formula is C23H13BrCl2FNO3. The maximum absolute atomic E-state index is 13.7. The molecule has 156 valence electrons. The summed E-state index contributed by atoms with van der Waals surface area (Å²) in [4.78, 5) is 27.2. The van der Waals surface area contributed by atoms with E-state index in [1.54, 1.807) is 48.5 Å². The summed E-state index contributed by atoms with van der Waals surface area (Å²) in [6.45, 7) is 0. The lowest BCUT2D eigenvalue weighted by atomic mass is 9.95. The molecular weight excluding hydrogens is 508 g/mol. The minimum absolute atomic E-state index is 0.0879. The number of carbonyl (C=O) groups is 2. The van der Waals surface area contributed by atoms with Gasteiger partial charge in [-0.3, -0.25) is 14.5 Å². The molecule has 1 saturated heterocycles. The van der Waals surface area contributed by atoms with E-state index in [1.807, 2.05) is 0 Å². The summed E-state index contributed by atoms with van der Waals surface area (Å²) >= 11 is 15.2. The van der Waals surface area contributed by atoms with E-state index < -0.39 is 23.5 Å². The van der Waals surface area contributed by atoms with Crippen molar-refractivity contribution in [2.45, 2.75) is 6.04 Å². The fraction of sp³-hybridized carbons (Fsp3) is 0.0435. The van der Waals surface area contributed by atoms with Crippen molar-refractivity contribution in [1.82, 2.24) is 0 Å². The van der Waals surface area contributed by atoms with Crippen LogP contribution in [0, 0.1) is 5.82 Å². The van der Waals surface area contributed by atoms with Gasteiger partial charge in [0, 0.05) is 20.7 Å². The number of rotatable bonds is 3. The van der Waals surface area contributed by atoms with Gasteiger partial charge in [-0.15, -0.1) is 0 Å². The maximum atomic E-state index is 13.7. The van der Waals surface area contributed by atoms with Gasteiger partial charge in [0.25, 0.3) is 11.7 Å². The predicted molar refractivity (Wildman–Crippen MR) is 122 cm³/mol. The summed E-state index contributed by atoms with van der Waals surface area (Å²) in [5.74, 6) is -2.69. The van der Waals surface area contributed by atoms with Gasteiger partial charge in [-0.2, -0.15) is 0 Å². The van der Waals surface area contributed by atoms with E-state index in [0.717, 1.165) is 10.5 Å². The van der Waals surface area contributed by atoms with E-state index >= 15 is 0 Å². The molecule has 1 heterocycles. The molecule has 1 atom stereocenters. The molecule has 3 aromatic carbocycles. The number of anilines is 1. The second-order valence-corrected chi connectivity index (χ2v) is 8.59. The molecule has 0 aliphatic carbocycles. The molecule has 1 aliphatic rings. The number of aliphatic hydroxyl groups excluding tert-OH is 1. The number of ketones is 1. The molecule has 1 fully saturated rings. The van der Waals surface area contributed by atoms with Gasteiger partial charge in [0.1, 0.15) is 11.6 Å². The number of hydrogen-bond donors (Lipinski definition) is 1. The van der Waals surface area contributed by atoms with E-state index in [2.05, 4.69) is 15.9 Å². The second kappa shape index (κ2) is 8.46. The number of Topliss-reactive ketones (excluding diaryl/α,β-unsaturated/α-hetero) is 1. The number of aliphatic hydroxyl groups is 1. The third-order valence-corrected chi connectivity index (χ3v) is 6.00. The highest BCUT2D eigenvalue weighted by Gasteiger charge is 2.47. The van der Waals surface area contributed by atoms with Crippen LogP contribution in [-0.4, -0.2) is 16.8 Å². The van der Waals surface area contributed by atoms with E-state index in [4.69, 9.17) is 23.2 Å². The maximum Gasteiger partial charge on any atom is 0.300 e. The van der Waals surface area contributed by atoms with Crippen molar-refractivity contribution in [3.8, 4) is 0 Å². The third kappa shape index (κ3) is 3.99. The Morgan fingerprint density at radius 3 is 2.23 bits per heavy atom. The lowest BCUT2D eigenvalue weighted by Gasteiger charge is -2.25. The first kappa shape index (κ1) is 21.6. The first-order chi connectivity index (χ1) is 14.8. The van der Waals surface area contributed by atoms with Crippen molar-refractivity contribution >= 4 is 62.3 Å². The first-order valence-corrected chi connectivity index (χ1v) is 10.6. The first-order valence-electron chi connectivity index (χ1n) is 9.05. The quantitative estimate of drug-likeness (QED) is 0.243. The molecule has 1 aliphatic heterocycles. The van der Waals surface area contributed by atoms with Gasteiger partial charge in [0.15, 0.2) is 0 Å². The van der Waals surface area contributed by atoms with Crippen LogP contribution >= 0.6 is 39.1 Å². The largest absolute Gasteiger partial charge is 0.507 e. The zero-order chi connectivity index (χ0) is 22.3. The van der Waals surface area contributed by atoms with E-state index in [1.165, 1.54) is 17.0 Å². The zero-order valence-electron chi connectivity index (χ0n) is 15.7. The molecule has 0 radical (unpaired) electrons. The molecule has 0 spiro atoms. The van der Waals surface area contributed by atoms with Crippen LogP contribution in [0.25, 0.3) is 5.76 Å². The van der Waals surface area contributed by atoms with Crippen molar-refractivity contribution in [3.63, 3.8) is 0 Å². The van der Waals surface area contributed by atoms with Crippen LogP contribution < -0.4 is 4.90 Å². The van der Waals surface area contributed by atoms with Gasteiger partial charge in [-0.25, -0.2) is 4.39 Å². The molecule has 0 saturated carbocycles. The fourth-order valence-electron chi connectivity index (χ4n) is 3.46. The van der Waals surface area contributed by atoms with Crippen LogP contribution in [0.2, 0.25) is 10.0 Å². The number of benzene rings is 3. The van der Waals surface area contributed by atoms with Crippen molar-refractivity contribution in [2.24, 2.45) is 0 Å². The van der Waals surface area contributed by atoms with Crippen molar-refractivity contribution < 1.29 is 19.1 Å². The van der Waals surface area contributed by atoms with Crippen molar-refractivity contribution in [2.75, 3.05) is 4.90 Å². The zero-order valence-corrected chi connectivity index (χ0v) is 18.7. The highest BCUT2D eigenvalue weighted by atomic mass is 79.9. The summed E-state index contributed by atoms with van der Waals surface area (Å²) in [6, 6.07) is 16.0. The molecule has 4 rings (SSSR count). The summed E-state index contributed by atoms with van der Waals surface area (Å²) in [6.07, 6.45) is 0. The summed E-state index contributed by atoms with van der Waals surface area (Å²) in [5, 5.41) is 11.3. The number of halogens is 4. The summed E-state index contributed by atoms with van der Waals surface area (Å²) in [7, 11) is 0. The molecule has 0 aromatic heterocycles. The molecule has 3 aromatic rings. The Labute approximate surface area is 195 Å². The second-order valence-electron chi connectivity index (χ2n) is 6.83. The SMILES string of the molecule is O=C1C(=O)N(c2ccc(F)c(Cl)c2)C(c2ccc(Cl)cc2)/C1=C(\O)c1ccc(Br)cc1. The normalized spacial score (nSPS) is 17.9. The molecule has 1 amide bonds. The highest BCUT2D eigenvalue weighted by molar-refractivity contribution is 9.10. The minimum Gasteiger partial charge on any atom is -0.507 e. The topological polar surface area (TPSA) is 57.6 Å². The Morgan fingerprint density at radius 1 is 0.968 bits per heavy atom. The third-order valence-electron chi connectivity index (χ3n) is 4.93. The number of carbonyl (C=O) groups excluding carboxylic acids is 2. The molecule has 0 bridgehead atoms. The Hall–Kier alpha value is -2.67. The lowest BCUT2D eigenvalue weighted by Crippen LogP contribution is -2.29. The monoisotopic (exact) mass is 519 g/mol. The van der Waals surface area contributed by atoms with Crippen LogP contribution in [0.3, 0.4) is 0 Å². The molecule has 8 heteroatoms. The average Bonchev–Trinajstić information content (AvgIpc) is 3.01. The van der Waals surface area contributed by atoms with Crippen molar-refractivity contribution in [1.29, 1.82) is 0 Å². The average molecular weight is 521 g/mol. The fourth-order valence-corrected chi connectivity index (χ4v) is 4.02. The Kier molecular flexibility index (Phi) is 5.88. The predicted octanol–water partition coefficient (Wildman–Crippen LogP) is 6.52. The minimum atomic E-state index is -0.956. The van der Waals surface area contributed by atoms with Gasteiger partial charge < -0.3 is 5.11 Å². The number of nitrogens with zero attached hydrogens (tertiary/aromatic N) is 1. The van der Waals surface area contributed by atoms with Gasteiger partial charge >= 0.3 is 0 Å². The Morgan fingerprint density at radius 2 is 1.61 bits per heavy atom. The standard InChI is InChI=1S/C23H13BrCl2FNO3/c24-14-5-1-13(2-6-14)21(29)19-20(12-3-7-15(25)8-4-12)28(23(31)22(19)30)16-9-10-18(27)17(26)11-16/h1-11,20,29H/b21-19+. The van der Waals surface area contributed by atoms with Crippen LogP contribution in [0.4, 0.5) is 10.1 Å². The molecule has 1 unspecified atom stereocenters. The molecule has 1 N–H and O–H groups in total. The Bertz CT molecular complexity index is 1230. The van der Waals surface area contributed by atoms with E-state index in [0.29, 0.717) is 16.1 Å². The van der Waals surface area contributed by atoms with Crippen LogP contribution in [0.5, 0.6) is 0 Å². The number of amides is 1. The lowest BCUT2D eigenvalue weighted by molar-refractivity contribution is -0.132. The van der Waals surface area contributed by atoms with Crippen LogP contribution in [-0.2, 0) is 9.59 Å². The highest BCUT2D eigenvalue weighted by Crippen LogP contribution is 2.43. The molecule has 31 heavy (non-hydrogen) atoms. The molecule has 4 nitrogen and oxygen atoms in total. The van der Waals surface area contributed by atoms with Gasteiger partial charge in [-0.1, -0.05) is 63.4 Å². The summed E-state index contributed by atoms with van der Waals surface area (Å²) < 4.78 is 14.5. The smallest absolute Gasteiger partial charge is 0.300 e. The Balaban J connectivity index is 1.95. The van der Waals surface area contributed by atoms with Crippen LogP contribution in [0.1, 0.15) is 17.2 Å². The van der Waals surface area contributed by atoms with Gasteiger partial charge in [0.2, 0.25) is 0 Å². The van der Waals surface area contributed by atoms with Crippen LogP contribution in [0.15, 0.2) is 76.8 Å². The van der Waals surface area contributed by atoms with Gasteiger partial charge in [-0.05, 0) is 48.0 Å². The van der Waals surface area contributed by atoms with Gasteiger partial charge in [0.05, 0.1) is 16.6 Å². The van der Waals surface area contributed by atoms with E-state index in [-0.39, 0.29) is 22.0 Å². The van der Waals surface area contributed by atoms with E-state index in [9.17, 15) is 19.1 Å². The van der Waals surface area contributed by atoms with Crippen molar-refractivity contribution in [3.05, 3.63) is 104 Å². The number of hydrogen-bond acceptors (Lipinski definition) is 3.